The molecule has 1 atom stereocenters. The first-order valence-corrected chi connectivity index (χ1v) is 8.09. The minimum Gasteiger partial charge on any atom is -0.375 e. The van der Waals surface area contributed by atoms with E-state index in [1.54, 1.807) is 6.33 Å². The van der Waals surface area contributed by atoms with Crippen molar-refractivity contribution >= 4 is 5.82 Å². The number of alkyl halides is 3. The van der Waals surface area contributed by atoms with Crippen molar-refractivity contribution in [3.05, 3.63) is 47.7 Å². The Morgan fingerprint density at radius 1 is 1.24 bits per heavy atom. The zero-order valence-electron chi connectivity index (χ0n) is 13.8. The van der Waals surface area contributed by atoms with Gasteiger partial charge in [0, 0.05) is 30.7 Å². The van der Waals surface area contributed by atoms with E-state index < -0.39 is 11.7 Å². The Bertz CT molecular complexity index is 706. The van der Waals surface area contributed by atoms with Gasteiger partial charge in [0.25, 0.3) is 0 Å². The van der Waals surface area contributed by atoms with E-state index in [9.17, 15) is 13.2 Å². The molecule has 0 bridgehead atoms. The van der Waals surface area contributed by atoms with Gasteiger partial charge in [-0.15, -0.1) is 0 Å². The van der Waals surface area contributed by atoms with Gasteiger partial charge >= 0.3 is 6.18 Å². The van der Waals surface area contributed by atoms with E-state index >= 15 is 0 Å². The van der Waals surface area contributed by atoms with Crippen LogP contribution < -0.4 is 4.90 Å². The largest absolute Gasteiger partial charge is 0.417 e. The Labute approximate surface area is 143 Å². The Balaban J connectivity index is 1.59. The van der Waals surface area contributed by atoms with Crippen LogP contribution in [0, 0.1) is 6.92 Å². The van der Waals surface area contributed by atoms with Crippen LogP contribution >= 0.6 is 0 Å². The maximum Gasteiger partial charge on any atom is 0.417 e. The normalized spacial score (nSPS) is 18.4. The number of nitrogens with zero attached hydrogens (tertiary/aromatic N) is 4. The van der Waals surface area contributed by atoms with Gasteiger partial charge in [0.2, 0.25) is 0 Å². The first kappa shape index (κ1) is 17.6. The zero-order valence-corrected chi connectivity index (χ0v) is 13.8. The lowest BCUT2D eigenvalue weighted by Crippen LogP contribution is -2.43. The van der Waals surface area contributed by atoms with Crippen molar-refractivity contribution in [2.24, 2.45) is 0 Å². The molecule has 3 rings (SSSR count). The molecule has 0 spiro atoms. The lowest BCUT2D eigenvalue weighted by molar-refractivity contribution is -0.137. The summed E-state index contributed by atoms with van der Waals surface area (Å²) >= 11 is 0. The van der Waals surface area contributed by atoms with E-state index in [2.05, 4.69) is 15.0 Å². The maximum atomic E-state index is 12.6. The smallest absolute Gasteiger partial charge is 0.375 e. The number of morpholine rings is 1. The number of aromatic nitrogens is 3. The second-order valence-corrected chi connectivity index (χ2v) is 6.03. The molecule has 0 aliphatic carbocycles. The fraction of sp³-hybridized carbons (Fsp3) is 0.471. The summed E-state index contributed by atoms with van der Waals surface area (Å²) in [6, 6.07) is 4.42. The Kier molecular flexibility index (Phi) is 5.17. The average Bonchev–Trinajstić information content (AvgIpc) is 2.60. The third-order valence-corrected chi connectivity index (χ3v) is 4.12. The molecule has 0 N–H and O–H groups in total. The molecule has 1 saturated heterocycles. The molecule has 3 heterocycles. The minimum absolute atomic E-state index is 0.00638. The minimum atomic E-state index is -4.37. The Hall–Kier alpha value is -2.22. The monoisotopic (exact) mass is 352 g/mol. The van der Waals surface area contributed by atoms with Crippen molar-refractivity contribution in [2.75, 3.05) is 24.6 Å². The van der Waals surface area contributed by atoms with Crippen LogP contribution in [0.3, 0.4) is 0 Å². The molecule has 25 heavy (non-hydrogen) atoms. The standard InChI is InChI=1S/C17H19F3N4O/c1-12-8-14(23-11-22-12)3-4-15-10-24(6-7-25-15)16-5-2-13(9-21-16)17(18,19)20/h2,5,8-9,11,15H,3-4,6-7,10H2,1H3/t15-/m1/s1. The molecular weight excluding hydrogens is 333 g/mol. The van der Waals surface area contributed by atoms with Gasteiger partial charge in [-0.3, -0.25) is 0 Å². The molecule has 1 aliphatic heterocycles. The molecule has 0 aromatic carbocycles. The van der Waals surface area contributed by atoms with E-state index in [1.165, 1.54) is 6.07 Å². The molecule has 0 saturated carbocycles. The van der Waals surface area contributed by atoms with E-state index in [0.29, 0.717) is 25.5 Å². The molecule has 1 fully saturated rings. The Morgan fingerprint density at radius 3 is 2.76 bits per heavy atom. The van der Waals surface area contributed by atoms with Crippen LogP contribution in [0.15, 0.2) is 30.7 Å². The number of rotatable bonds is 4. The predicted octanol–water partition coefficient (Wildman–Crippen LogP) is 3.04. The van der Waals surface area contributed by atoms with Crippen LogP contribution in [0.2, 0.25) is 0 Å². The van der Waals surface area contributed by atoms with Crippen molar-refractivity contribution in [1.82, 2.24) is 15.0 Å². The number of pyridine rings is 1. The SMILES string of the molecule is Cc1cc(CC[C@@H]2CN(c3ccc(C(F)(F)F)cn3)CCO2)ncn1. The first-order valence-electron chi connectivity index (χ1n) is 8.09. The summed E-state index contributed by atoms with van der Waals surface area (Å²) in [5.41, 5.74) is 1.14. The summed E-state index contributed by atoms with van der Waals surface area (Å²) in [5, 5.41) is 0. The summed E-state index contributed by atoms with van der Waals surface area (Å²) < 4.78 is 43.7. The van der Waals surface area contributed by atoms with Gasteiger partial charge in [-0.2, -0.15) is 13.2 Å². The van der Waals surface area contributed by atoms with Crippen LogP contribution in [0.1, 0.15) is 23.4 Å². The molecule has 0 unspecified atom stereocenters. The lowest BCUT2D eigenvalue weighted by atomic mass is 10.1. The summed E-state index contributed by atoms with van der Waals surface area (Å²) in [6.45, 7) is 3.65. The van der Waals surface area contributed by atoms with Gasteiger partial charge < -0.3 is 9.64 Å². The Morgan fingerprint density at radius 2 is 2.08 bits per heavy atom. The van der Waals surface area contributed by atoms with Crippen molar-refractivity contribution in [2.45, 2.75) is 32.0 Å². The highest BCUT2D eigenvalue weighted by Crippen LogP contribution is 2.29. The van der Waals surface area contributed by atoms with Crippen molar-refractivity contribution in [3.8, 4) is 0 Å². The van der Waals surface area contributed by atoms with Crippen LogP contribution in [0.4, 0.5) is 19.0 Å². The molecule has 2 aromatic rings. The maximum absolute atomic E-state index is 12.6. The summed E-state index contributed by atoms with van der Waals surface area (Å²) in [4.78, 5) is 14.2. The third-order valence-electron chi connectivity index (χ3n) is 4.12. The van der Waals surface area contributed by atoms with Gasteiger partial charge in [0.15, 0.2) is 0 Å². The fourth-order valence-electron chi connectivity index (χ4n) is 2.80. The quantitative estimate of drug-likeness (QED) is 0.847. The number of anilines is 1. The second-order valence-electron chi connectivity index (χ2n) is 6.03. The van der Waals surface area contributed by atoms with Crippen molar-refractivity contribution < 1.29 is 17.9 Å². The number of halogens is 3. The molecule has 0 radical (unpaired) electrons. The summed E-state index contributed by atoms with van der Waals surface area (Å²) in [6.07, 6.45) is -0.396. The number of hydrogen-bond donors (Lipinski definition) is 0. The van der Waals surface area contributed by atoms with Crippen LogP contribution in [-0.2, 0) is 17.3 Å². The lowest BCUT2D eigenvalue weighted by Gasteiger charge is -2.33. The van der Waals surface area contributed by atoms with Gasteiger partial charge in [0.05, 0.1) is 18.3 Å². The molecule has 134 valence electrons. The highest BCUT2D eigenvalue weighted by atomic mass is 19.4. The zero-order chi connectivity index (χ0) is 17.9. The highest BCUT2D eigenvalue weighted by molar-refractivity contribution is 5.40. The molecule has 8 heteroatoms. The average molecular weight is 352 g/mol. The van der Waals surface area contributed by atoms with Crippen LogP contribution in [-0.4, -0.2) is 40.8 Å². The van der Waals surface area contributed by atoms with Gasteiger partial charge in [-0.25, -0.2) is 15.0 Å². The van der Waals surface area contributed by atoms with Crippen LogP contribution in [0.5, 0.6) is 0 Å². The number of hydrogen-bond acceptors (Lipinski definition) is 5. The second kappa shape index (κ2) is 7.35. The van der Waals surface area contributed by atoms with E-state index in [-0.39, 0.29) is 6.10 Å². The summed E-state index contributed by atoms with van der Waals surface area (Å²) in [5.74, 6) is 0.541. The van der Waals surface area contributed by atoms with Gasteiger partial charge in [-0.1, -0.05) is 0 Å². The fourth-order valence-corrected chi connectivity index (χ4v) is 2.80. The van der Waals surface area contributed by atoms with E-state index in [0.717, 1.165) is 36.5 Å². The number of ether oxygens (including phenoxy) is 1. The molecule has 0 amide bonds. The van der Waals surface area contributed by atoms with Crippen molar-refractivity contribution in [3.63, 3.8) is 0 Å². The molecule has 2 aromatic heterocycles. The third kappa shape index (κ3) is 4.66. The summed E-state index contributed by atoms with van der Waals surface area (Å²) in [7, 11) is 0. The predicted molar refractivity (Wildman–Crippen MR) is 86.3 cm³/mol. The van der Waals surface area contributed by atoms with E-state index in [4.69, 9.17) is 4.74 Å². The molecular formula is C17H19F3N4O. The molecule has 1 aliphatic rings. The molecule has 5 nitrogen and oxygen atoms in total. The van der Waals surface area contributed by atoms with Crippen molar-refractivity contribution in [1.29, 1.82) is 0 Å². The van der Waals surface area contributed by atoms with Gasteiger partial charge in [-0.05, 0) is 38.0 Å². The first-order chi connectivity index (χ1) is 11.9. The van der Waals surface area contributed by atoms with Gasteiger partial charge in [0.1, 0.15) is 12.1 Å². The van der Waals surface area contributed by atoms with Crippen LogP contribution in [0.25, 0.3) is 0 Å². The topological polar surface area (TPSA) is 51.1 Å². The van der Waals surface area contributed by atoms with E-state index in [1.807, 2.05) is 17.9 Å². The number of aryl methyl sites for hydroxylation is 2. The highest BCUT2D eigenvalue weighted by Gasteiger charge is 2.31.